The number of likely N-dealkylation sites (N-methyl/N-ethyl adjacent to an activating group) is 1. The molecule has 0 spiro atoms. The van der Waals surface area contributed by atoms with Crippen molar-refractivity contribution >= 4 is 23.1 Å². The Morgan fingerprint density at radius 1 is 1.17 bits per heavy atom. The first-order valence-electron chi connectivity index (χ1n) is 9.91. The molecule has 2 heterocycles. The molecule has 4 N–H and O–H groups in total. The van der Waals surface area contributed by atoms with E-state index in [2.05, 4.69) is 20.5 Å². The maximum Gasteiger partial charge on any atom is 0.418 e. The van der Waals surface area contributed by atoms with Gasteiger partial charge in [-0.1, -0.05) is 0 Å². The predicted octanol–water partition coefficient (Wildman–Crippen LogP) is 3.50. The van der Waals surface area contributed by atoms with E-state index in [0.29, 0.717) is 12.0 Å². The Morgan fingerprint density at radius 3 is 2.69 bits per heavy atom. The molecule has 1 aliphatic carbocycles. The molecule has 1 saturated heterocycles. The number of nitrogens with one attached hydrogen (secondary N) is 2. The molecule has 1 fully saturated rings. The number of halogens is 3. The van der Waals surface area contributed by atoms with Crippen LogP contribution in [0.2, 0.25) is 0 Å². The minimum atomic E-state index is -4.51. The molecule has 156 valence electrons. The van der Waals surface area contributed by atoms with Crippen LogP contribution in [-0.2, 0) is 19.0 Å². The van der Waals surface area contributed by atoms with Crippen molar-refractivity contribution in [2.75, 3.05) is 36.1 Å². The third-order valence-electron chi connectivity index (χ3n) is 5.67. The lowest BCUT2D eigenvalue weighted by molar-refractivity contribution is -0.136. The number of anilines is 4. The molecular weight excluding hydrogens is 381 g/mol. The number of nitrogens with zero attached hydrogens (tertiary/aromatic N) is 3. The molecule has 1 aromatic heterocycles. The normalized spacial score (nSPS) is 19.3. The Labute approximate surface area is 167 Å². The smallest absolute Gasteiger partial charge is 0.398 e. The van der Waals surface area contributed by atoms with Gasteiger partial charge in [0.1, 0.15) is 5.82 Å². The van der Waals surface area contributed by atoms with Crippen LogP contribution in [0.25, 0.3) is 0 Å². The highest BCUT2D eigenvalue weighted by molar-refractivity contribution is 5.64. The molecular formula is C20H25F3N6. The summed E-state index contributed by atoms with van der Waals surface area (Å²) in [5.74, 6) is 1.23. The fraction of sp³-hybridized carbons (Fsp3) is 0.500. The van der Waals surface area contributed by atoms with E-state index in [1.807, 2.05) is 7.05 Å². The van der Waals surface area contributed by atoms with Gasteiger partial charge in [-0.05, 0) is 57.4 Å². The van der Waals surface area contributed by atoms with Crippen LogP contribution in [0.3, 0.4) is 0 Å². The van der Waals surface area contributed by atoms with Crippen molar-refractivity contribution in [3.8, 4) is 0 Å². The number of hydrogen-bond acceptors (Lipinski definition) is 6. The summed E-state index contributed by atoms with van der Waals surface area (Å²) < 4.78 is 39.5. The lowest BCUT2D eigenvalue weighted by atomic mass is 9.96. The number of nitrogens with two attached hydrogens (primary N) is 1. The molecule has 1 unspecified atom stereocenters. The van der Waals surface area contributed by atoms with Gasteiger partial charge in [0.15, 0.2) is 0 Å². The number of aryl methyl sites for hydroxylation is 1. The Hall–Kier alpha value is -2.55. The van der Waals surface area contributed by atoms with Crippen molar-refractivity contribution in [2.24, 2.45) is 0 Å². The van der Waals surface area contributed by atoms with Gasteiger partial charge in [0.05, 0.1) is 11.3 Å². The zero-order chi connectivity index (χ0) is 20.6. The second-order valence-corrected chi connectivity index (χ2v) is 7.65. The lowest BCUT2D eigenvalue weighted by Crippen LogP contribution is -2.31. The maximum absolute atomic E-state index is 13.2. The molecule has 0 amide bonds. The van der Waals surface area contributed by atoms with Crippen molar-refractivity contribution in [1.29, 1.82) is 0 Å². The van der Waals surface area contributed by atoms with Crippen LogP contribution in [-0.4, -0.2) is 36.1 Å². The number of fused-ring (bicyclic) bond motifs is 1. The van der Waals surface area contributed by atoms with E-state index >= 15 is 0 Å². The zero-order valence-electron chi connectivity index (χ0n) is 16.3. The number of nitrogen functional groups attached to an aromatic ring is 1. The number of alkyl halides is 3. The summed E-state index contributed by atoms with van der Waals surface area (Å²) in [6.07, 6.45) is 0.477. The highest BCUT2D eigenvalue weighted by atomic mass is 19.4. The average molecular weight is 406 g/mol. The molecule has 1 aromatic carbocycles. The summed E-state index contributed by atoms with van der Waals surface area (Å²) in [7, 11) is 1.95. The summed E-state index contributed by atoms with van der Waals surface area (Å²) in [6.45, 7) is 1.76. The Kier molecular flexibility index (Phi) is 5.24. The van der Waals surface area contributed by atoms with E-state index in [9.17, 15) is 13.2 Å². The van der Waals surface area contributed by atoms with E-state index in [1.54, 1.807) is 0 Å². The zero-order valence-corrected chi connectivity index (χ0v) is 16.3. The van der Waals surface area contributed by atoms with E-state index in [4.69, 9.17) is 10.7 Å². The third kappa shape index (κ3) is 4.10. The number of rotatable bonds is 4. The van der Waals surface area contributed by atoms with Gasteiger partial charge in [0.25, 0.3) is 0 Å². The fourth-order valence-electron chi connectivity index (χ4n) is 4.09. The van der Waals surface area contributed by atoms with Crippen molar-refractivity contribution in [3.63, 3.8) is 0 Å². The van der Waals surface area contributed by atoms with Gasteiger partial charge in [-0.25, -0.2) is 4.98 Å². The lowest BCUT2D eigenvalue weighted by Gasteiger charge is -2.25. The molecule has 1 atom stereocenters. The minimum absolute atomic E-state index is 0.266. The Bertz CT molecular complexity index is 899. The highest BCUT2D eigenvalue weighted by Gasteiger charge is 2.33. The minimum Gasteiger partial charge on any atom is -0.398 e. The van der Waals surface area contributed by atoms with Gasteiger partial charge in [0.2, 0.25) is 5.95 Å². The summed E-state index contributed by atoms with van der Waals surface area (Å²) >= 11 is 0. The van der Waals surface area contributed by atoms with Crippen LogP contribution in [0.4, 0.5) is 36.3 Å². The highest BCUT2D eigenvalue weighted by Crippen LogP contribution is 2.36. The van der Waals surface area contributed by atoms with Gasteiger partial charge in [-0.3, -0.25) is 0 Å². The van der Waals surface area contributed by atoms with E-state index in [0.717, 1.165) is 62.8 Å². The van der Waals surface area contributed by atoms with Crippen LogP contribution >= 0.6 is 0 Å². The first kappa shape index (κ1) is 19.8. The molecule has 0 radical (unpaired) electrons. The van der Waals surface area contributed by atoms with Gasteiger partial charge >= 0.3 is 6.18 Å². The van der Waals surface area contributed by atoms with Crippen LogP contribution in [0, 0.1) is 0 Å². The van der Waals surface area contributed by atoms with Crippen molar-refractivity contribution in [2.45, 2.75) is 44.3 Å². The van der Waals surface area contributed by atoms with Gasteiger partial charge < -0.3 is 21.3 Å². The summed E-state index contributed by atoms with van der Waals surface area (Å²) in [4.78, 5) is 11.6. The standard InChI is InChI=1S/C20H25F3N6/c1-25-13-8-9-29(11-13)18-14-4-2-3-5-17(14)27-19(28-18)26-12-6-7-16(24)15(10-12)20(21,22)23/h6-7,10,13,25H,2-5,8-9,11,24H2,1H3,(H,26,27,28). The maximum atomic E-state index is 13.2. The number of benzene rings is 1. The van der Waals surface area contributed by atoms with Gasteiger partial charge in [0, 0.05) is 36.1 Å². The number of hydrogen-bond donors (Lipinski definition) is 3. The van der Waals surface area contributed by atoms with Crippen molar-refractivity contribution < 1.29 is 13.2 Å². The first-order valence-corrected chi connectivity index (χ1v) is 9.91. The summed E-state index contributed by atoms with van der Waals surface area (Å²) in [5.41, 5.74) is 6.77. The molecule has 0 saturated carbocycles. The van der Waals surface area contributed by atoms with Crippen LogP contribution in [0.5, 0.6) is 0 Å². The average Bonchev–Trinajstić information content (AvgIpc) is 3.17. The Morgan fingerprint density at radius 2 is 1.97 bits per heavy atom. The molecule has 9 heteroatoms. The fourth-order valence-corrected chi connectivity index (χ4v) is 4.09. The topological polar surface area (TPSA) is 79.1 Å². The summed E-state index contributed by atoms with van der Waals surface area (Å²) in [6, 6.07) is 4.18. The predicted molar refractivity (Wildman–Crippen MR) is 107 cm³/mol. The Balaban J connectivity index is 1.67. The van der Waals surface area contributed by atoms with Gasteiger partial charge in [-0.15, -0.1) is 0 Å². The van der Waals surface area contributed by atoms with E-state index in [-0.39, 0.29) is 11.4 Å². The largest absolute Gasteiger partial charge is 0.418 e. The van der Waals surface area contributed by atoms with Crippen LogP contribution < -0.4 is 21.3 Å². The quantitative estimate of drug-likeness (QED) is 0.675. The SMILES string of the molecule is CNC1CCN(c2nc(Nc3ccc(N)c(C(F)(F)F)c3)nc3c2CCCC3)C1. The van der Waals surface area contributed by atoms with E-state index in [1.165, 1.54) is 17.7 Å². The van der Waals surface area contributed by atoms with Crippen LogP contribution in [0.1, 0.15) is 36.1 Å². The molecule has 4 rings (SSSR count). The number of aromatic nitrogens is 2. The summed E-state index contributed by atoms with van der Waals surface area (Å²) in [5, 5.41) is 6.27. The molecule has 2 aliphatic rings. The third-order valence-corrected chi connectivity index (χ3v) is 5.67. The molecule has 29 heavy (non-hydrogen) atoms. The molecule has 6 nitrogen and oxygen atoms in total. The van der Waals surface area contributed by atoms with E-state index < -0.39 is 11.7 Å². The monoisotopic (exact) mass is 406 g/mol. The first-order chi connectivity index (χ1) is 13.8. The second-order valence-electron chi connectivity index (χ2n) is 7.65. The van der Waals surface area contributed by atoms with Crippen LogP contribution in [0.15, 0.2) is 18.2 Å². The second kappa shape index (κ2) is 7.70. The van der Waals surface area contributed by atoms with Gasteiger partial charge in [-0.2, -0.15) is 18.2 Å². The molecule has 1 aliphatic heterocycles. The van der Waals surface area contributed by atoms with Crippen molar-refractivity contribution in [1.82, 2.24) is 15.3 Å². The molecule has 0 bridgehead atoms. The molecule has 2 aromatic rings. The van der Waals surface area contributed by atoms with Crippen molar-refractivity contribution in [3.05, 3.63) is 35.0 Å².